The van der Waals surface area contributed by atoms with Crippen LogP contribution in [-0.4, -0.2) is 5.11 Å². The number of phenolic OH excluding ortho intramolecular Hbond substituents is 1. The van der Waals surface area contributed by atoms with E-state index >= 15 is 0 Å². The molecule has 0 aliphatic heterocycles. The Morgan fingerprint density at radius 1 is 0.867 bits per heavy atom. The standard InChI is InChI=1S/C7H8O.C6H5Cl/c1-6-2-4-7(8)5-3-6;7-6-4-2-1-3-5-6/h2-5,8H,1H3;1-5H. The number of halogens is 1. The van der Waals surface area contributed by atoms with E-state index in [1.807, 2.05) is 49.4 Å². The lowest BCUT2D eigenvalue weighted by Crippen LogP contribution is -1.66. The summed E-state index contributed by atoms with van der Waals surface area (Å²) in [6.45, 7) is 1.99. The summed E-state index contributed by atoms with van der Waals surface area (Å²) in [5, 5.41) is 9.55. The zero-order valence-electron chi connectivity index (χ0n) is 8.52. The average molecular weight is 221 g/mol. The van der Waals surface area contributed by atoms with E-state index in [4.69, 9.17) is 16.7 Å². The molecular weight excluding hydrogens is 208 g/mol. The second kappa shape index (κ2) is 6.10. The van der Waals surface area contributed by atoms with Gasteiger partial charge in [0, 0.05) is 5.02 Å². The molecule has 78 valence electrons. The van der Waals surface area contributed by atoms with Crippen LogP contribution in [0.4, 0.5) is 0 Å². The van der Waals surface area contributed by atoms with Crippen molar-refractivity contribution in [1.29, 1.82) is 0 Å². The zero-order chi connectivity index (χ0) is 11.1. The monoisotopic (exact) mass is 220 g/mol. The number of benzene rings is 2. The van der Waals surface area contributed by atoms with E-state index < -0.39 is 0 Å². The molecule has 0 aliphatic carbocycles. The maximum Gasteiger partial charge on any atom is 0.115 e. The van der Waals surface area contributed by atoms with Crippen LogP contribution in [0.15, 0.2) is 54.6 Å². The van der Waals surface area contributed by atoms with Gasteiger partial charge in [0.1, 0.15) is 5.75 Å². The van der Waals surface area contributed by atoms with Crippen molar-refractivity contribution in [3.63, 3.8) is 0 Å². The molecule has 2 aromatic carbocycles. The van der Waals surface area contributed by atoms with Crippen LogP contribution in [0.25, 0.3) is 0 Å². The summed E-state index contributed by atoms with van der Waals surface area (Å²) in [5.41, 5.74) is 1.17. The van der Waals surface area contributed by atoms with Crippen LogP contribution < -0.4 is 0 Å². The smallest absolute Gasteiger partial charge is 0.115 e. The van der Waals surface area contributed by atoms with E-state index in [0.29, 0.717) is 5.75 Å². The summed E-state index contributed by atoms with van der Waals surface area (Å²) in [4.78, 5) is 0. The van der Waals surface area contributed by atoms with Crippen LogP contribution in [0.1, 0.15) is 5.56 Å². The first-order chi connectivity index (χ1) is 7.18. The molecule has 15 heavy (non-hydrogen) atoms. The maximum absolute atomic E-state index is 8.76. The molecule has 0 spiro atoms. The molecule has 0 fully saturated rings. The molecule has 0 amide bonds. The Labute approximate surface area is 95.0 Å². The van der Waals surface area contributed by atoms with E-state index in [1.54, 1.807) is 12.1 Å². The van der Waals surface area contributed by atoms with Gasteiger partial charge in [-0.1, -0.05) is 47.5 Å². The Morgan fingerprint density at radius 3 is 1.73 bits per heavy atom. The molecule has 0 aromatic heterocycles. The number of aryl methyl sites for hydroxylation is 1. The molecule has 0 heterocycles. The fraction of sp³-hybridized carbons (Fsp3) is 0.0769. The quantitative estimate of drug-likeness (QED) is 0.711. The summed E-state index contributed by atoms with van der Waals surface area (Å²) < 4.78 is 0. The highest BCUT2D eigenvalue weighted by Gasteiger charge is 1.82. The predicted octanol–water partition coefficient (Wildman–Crippen LogP) is 4.04. The second-order valence-electron chi connectivity index (χ2n) is 3.13. The van der Waals surface area contributed by atoms with Crippen LogP contribution in [-0.2, 0) is 0 Å². The first-order valence-corrected chi connectivity index (χ1v) is 5.02. The third-order valence-electron chi connectivity index (χ3n) is 1.77. The predicted molar refractivity (Wildman–Crippen MR) is 64.3 cm³/mol. The molecule has 0 unspecified atom stereocenters. The van der Waals surface area contributed by atoms with Crippen LogP contribution in [0.2, 0.25) is 5.02 Å². The van der Waals surface area contributed by atoms with Crippen molar-refractivity contribution in [2.45, 2.75) is 6.92 Å². The van der Waals surface area contributed by atoms with E-state index in [0.717, 1.165) is 5.02 Å². The fourth-order valence-electron chi connectivity index (χ4n) is 0.959. The van der Waals surface area contributed by atoms with Gasteiger partial charge in [0.15, 0.2) is 0 Å². The number of phenols is 1. The van der Waals surface area contributed by atoms with Crippen molar-refractivity contribution >= 4 is 11.6 Å². The van der Waals surface area contributed by atoms with Crippen molar-refractivity contribution in [3.05, 3.63) is 65.2 Å². The van der Waals surface area contributed by atoms with Crippen molar-refractivity contribution < 1.29 is 5.11 Å². The highest BCUT2D eigenvalue weighted by atomic mass is 35.5. The molecule has 2 aromatic rings. The van der Waals surface area contributed by atoms with Gasteiger partial charge in [-0.25, -0.2) is 0 Å². The minimum absolute atomic E-state index is 0.329. The van der Waals surface area contributed by atoms with Gasteiger partial charge < -0.3 is 5.11 Å². The van der Waals surface area contributed by atoms with Crippen molar-refractivity contribution in [3.8, 4) is 5.75 Å². The summed E-state index contributed by atoms with van der Waals surface area (Å²) in [7, 11) is 0. The van der Waals surface area contributed by atoms with Gasteiger partial charge in [-0.2, -0.15) is 0 Å². The Balaban J connectivity index is 0.000000151. The van der Waals surface area contributed by atoms with Crippen molar-refractivity contribution in [2.75, 3.05) is 0 Å². The molecule has 0 atom stereocenters. The van der Waals surface area contributed by atoms with Crippen LogP contribution in [0.3, 0.4) is 0 Å². The van der Waals surface area contributed by atoms with Crippen LogP contribution >= 0.6 is 11.6 Å². The van der Waals surface area contributed by atoms with Crippen molar-refractivity contribution in [1.82, 2.24) is 0 Å². The fourth-order valence-corrected chi connectivity index (χ4v) is 1.10. The second-order valence-corrected chi connectivity index (χ2v) is 3.57. The van der Waals surface area contributed by atoms with E-state index in [9.17, 15) is 0 Å². The molecule has 0 saturated carbocycles. The Morgan fingerprint density at radius 2 is 1.40 bits per heavy atom. The molecule has 2 heteroatoms. The number of hydrogen-bond donors (Lipinski definition) is 1. The zero-order valence-corrected chi connectivity index (χ0v) is 9.28. The Kier molecular flexibility index (Phi) is 4.72. The minimum atomic E-state index is 0.329. The summed E-state index contributed by atoms with van der Waals surface area (Å²) in [6.07, 6.45) is 0. The normalized spacial score (nSPS) is 8.93. The molecular formula is C13H13ClO. The van der Waals surface area contributed by atoms with Gasteiger partial charge in [0.05, 0.1) is 0 Å². The van der Waals surface area contributed by atoms with Gasteiger partial charge in [0.2, 0.25) is 0 Å². The van der Waals surface area contributed by atoms with E-state index in [1.165, 1.54) is 5.56 Å². The SMILES string of the molecule is Cc1ccc(O)cc1.Clc1ccccc1. The summed E-state index contributed by atoms with van der Waals surface area (Å²) in [6, 6.07) is 16.5. The molecule has 1 nitrogen and oxygen atoms in total. The van der Waals surface area contributed by atoms with Gasteiger partial charge in [-0.3, -0.25) is 0 Å². The molecule has 0 bridgehead atoms. The summed E-state index contributed by atoms with van der Waals surface area (Å²) >= 11 is 5.54. The van der Waals surface area contributed by atoms with Crippen LogP contribution in [0, 0.1) is 6.92 Å². The van der Waals surface area contributed by atoms with Gasteiger partial charge in [-0.05, 0) is 31.2 Å². The van der Waals surface area contributed by atoms with E-state index in [2.05, 4.69) is 0 Å². The lowest BCUT2D eigenvalue weighted by molar-refractivity contribution is 0.475. The molecule has 2 rings (SSSR count). The molecule has 0 saturated heterocycles. The maximum atomic E-state index is 8.76. The third kappa shape index (κ3) is 5.08. The lowest BCUT2D eigenvalue weighted by Gasteiger charge is -1.89. The lowest BCUT2D eigenvalue weighted by atomic mass is 10.2. The van der Waals surface area contributed by atoms with Gasteiger partial charge in [0.25, 0.3) is 0 Å². The third-order valence-corrected chi connectivity index (χ3v) is 2.02. The average Bonchev–Trinajstić information content (AvgIpc) is 2.25. The van der Waals surface area contributed by atoms with Crippen LogP contribution in [0.5, 0.6) is 5.75 Å². The minimum Gasteiger partial charge on any atom is -0.508 e. The number of aromatic hydroxyl groups is 1. The van der Waals surface area contributed by atoms with Crippen molar-refractivity contribution in [2.24, 2.45) is 0 Å². The molecule has 0 aliphatic rings. The van der Waals surface area contributed by atoms with E-state index in [-0.39, 0.29) is 0 Å². The molecule has 0 radical (unpaired) electrons. The Hall–Kier alpha value is -1.47. The summed E-state index contributed by atoms with van der Waals surface area (Å²) in [5.74, 6) is 0.329. The first-order valence-electron chi connectivity index (χ1n) is 4.64. The highest BCUT2D eigenvalue weighted by Crippen LogP contribution is 2.07. The largest absolute Gasteiger partial charge is 0.508 e. The molecule has 1 N–H and O–H groups in total. The Bertz CT molecular complexity index is 360. The topological polar surface area (TPSA) is 20.2 Å². The van der Waals surface area contributed by atoms with Gasteiger partial charge >= 0.3 is 0 Å². The highest BCUT2D eigenvalue weighted by molar-refractivity contribution is 6.30. The first kappa shape index (κ1) is 11.6. The number of rotatable bonds is 0. The van der Waals surface area contributed by atoms with Gasteiger partial charge in [-0.15, -0.1) is 0 Å². The number of hydrogen-bond acceptors (Lipinski definition) is 1.